The number of rotatable bonds is 3. The normalized spacial score (nSPS) is 24.6. The molecule has 2 N–H and O–H groups in total. The maximum absolute atomic E-state index is 14.4. The van der Waals surface area contributed by atoms with Crippen molar-refractivity contribution in [3.8, 4) is 5.69 Å². The molecule has 1 aromatic heterocycles. The third-order valence-corrected chi connectivity index (χ3v) is 8.46. The van der Waals surface area contributed by atoms with E-state index in [2.05, 4.69) is 10.6 Å². The Labute approximate surface area is 229 Å². The van der Waals surface area contributed by atoms with Crippen LogP contribution >= 0.6 is 0 Å². The van der Waals surface area contributed by atoms with Gasteiger partial charge in [-0.05, 0) is 48.4 Å². The zero-order valence-corrected chi connectivity index (χ0v) is 22.2. The molecule has 9 heteroatoms. The second kappa shape index (κ2) is 8.43. The molecule has 200 valence electrons. The number of fused-ring (bicyclic) bond motifs is 8. The van der Waals surface area contributed by atoms with Crippen LogP contribution in [0.3, 0.4) is 0 Å². The van der Waals surface area contributed by atoms with E-state index in [0.29, 0.717) is 33.8 Å². The van der Waals surface area contributed by atoms with Crippen molar-refractivity contribution in [2.45, 2.75) is 32.4 Å². The summed E-state index contributed by atoms with van der Waals surface area (Å²) in [5.41, 5.74) is 1.59. The number of aromatic nitrogens is 2. The van der Waals surface area contributed by atoms with Crippen molar-refractivity contribution in [1.82, 2.24) is 14.9 Å². The molecule has 3 aromatic carbocycles. The maximum atomic E-state index is 14.4. The highest BCUT2D eigenvalue weighted by molar-refractivity contribution is 6.23. The van der Waals surface area contributed by atoms with Gasteiger partial charge in [-0.25, -0.2) is 9.88 Å². The molecule has 2 saturated heterocycles. The summed E-state index contributed by atoms with van der Waals surface area (Å²) in [5, 5.41) is 6.90. The van der Waals surface area contributed by atoms with Crippen LogP contribution in [0.1, 0.15) is 32.2 Å². The highest BCUT2D eigenvalue weighted by Gasteiger charge is 2.70. The minimum absolute atomic E-state index is 0.0131. The van der Waals surface area contributed by atoms with E-state index in [9.17, 15) is 19.2 Å². The lowest BCUT2D eigenvalue weighted by Gasteiger charge is -2.32. The van der Waals surface area contributed by atoms with Crippen molar-refractivity contribution in [3.05, 3.63) is 94.5 Å². The van der Waals surface area contributed by atoms with Crippen LogP contribution in [-0.4, -0.2) is 33.3 Å². The molecular formula is C31H27N5O4. The number of carbonyl (C=O) groups is 3. The van der Waals surface area contributed by atoms with Crippen molar-refractivity contribution in [2.24, 2.45) is 17.8 Å². The van der Waals surface area contributed by atoms with Crippen molar-refractivity contribution in [3.63, 3.8) is 0 Å². The van der Waals surface area contributed by atoms with E-state index in [1.165, 1.54) is 11.8 Å². The van der Waals surface area contributed by atoms with Crippen LogP contribution in [0, 0.1) is 17.8 Å². The van der Waals surface area contributed by atoms with Gasteiger partial charge in [0, 0.05) is 24.2 Å². The van der Waals surface area contributed by atoms with Gasteiger partial charge in [0.05, 0.1) is 34.1 Å². The smallest absolute Gasteiger partial charge is 0.266 e. The average Bonchev–Trinajstić information content (AvgIpc) is 3.53. The van der Waals surface area contributed by atoms with Crippen LogP contribution in [0.2, 0.25) is 0 Å². The Morgan fingerprint density at radius 3 is 2.38 bits per heavy atom. The first kappa shape index (κ1) is 24.4. The Kier molecular flexibility index (Phi) is 5.15. The van der Waals surface area contributed by atoms with Gasteiger partial charge in [-0.3, -0.25) is 29.1 Å². The number of anilines is 2. The topological polar surface area (TPSA) is 113 Å². The minimum atomic E-state index is -1.17. The molecule has 2 fully saturated rings. The van der Waals surface area contributed by atoms with Crippen LogP contribution in [0.15, 0.2) is 77.6 Å². The highest BCUT2D eigenvalue weighted by atomic mass is 16.2. The van der Waals surface area contributed by atoms with Gasteiger partial charge in [-0.2, -0.15) is 0 Å². The van der Waals surface area contributed by atoms with Crippen molar-refractivity contribution in [2.75, 3.05) is 10.2 Å². The number of amides is 3. The Morgan fingerprint density at radius 1 is 0.950 bits per heavy atom. The number of imide groups is 1. The molecule has 4 aromatic rings. The number of hydrogen-bond acceptors (Lipinski definition) is 6. The molecule has 9 nitrogen and oxygen atoms in total. The lowest BCUT2D eigenvalue weighted by Crippen LogP contribution is -2.51. The fraction of sp³-hybridized carbons (Fsp3) is 0.258. The number of nitrogens with one attached hydrogen (secondary N) is 2. The second-order valence-corrected chi connectivity index (χ2v) is 11.1. The number of carbonyl (C=O) groups excluding carboxylic acids is 3. The number of nitrogens with zero attached hydrogens (tertiary/aromatic N) is 3. The van der Waals surface area contributed by atoms with Gasteiger partial charge < -0.3 is 5.32 Å². The molecule has 4 heterocycles. The molecule has 0 radical (unpaired) electrons. The Hall–Kier alpha value is -4.63. The van der Waals surface area contributed by atoms with Gasteiger partial charge in [-0.15, -0.1) is 0 Å². The largest absolute Gasteiger partial charge is 0.326 e. The first-order valence-electron chi connectivity index (χ1n) is 13.4. The Bertz CT molecular complexity index is 1810. The van der Waals surface area contributed by atoms with E-state index in [0.717, 1.165) is 5.56 Å². The molecule has 0 saturated carbocycles. The summed E-state index contributed by atoms with van der Waals surface area (Å²) in [4.78, 5) is 60.2. The predicted octanol–water partition coefficient (Wildman–Crippen LogP) is 3.33. The number of benzene rings is 3. The zero-order chi connectivity index (χ0) is 27.9. The molecule has 0 aliphatic carbocycles. The predicted molar refractivity (Wildman–Crippen MR) is 150 cm³/mol. The second-order valence-electron chi connectivity index (χ2n) is 11.1. The summed E-state index contributed by atoms with van der Waals surface area (Å²) >= 11 is 0. The van der Waals surface area contributed by atoms with Crippen molar-refractivity contribution >= 4 is 40.0 Å². The fourth-order valence-electron chi connectivity index (χ4n) is 6.88. The summed E-state index contributed by atoms with van der Waals surface area (Å²) < 4.78 is 1.60. The molecular weight excluding hydrogens is 506 g/mol. The molecule has 7 rings (SSSR count). The third-order valence-electron chi connectivity index (χ3n) is 8.46. The monoisotopic (exact) mass is 533 g/mol. The van der Waals surface area contributed by atoms with Gasteiger partial charge >= 0.3 is 0 Å². The minimum Gasteiger partial charge on any atom is -0.326 e. The van der Waals surface area contributed by atoms with E-state index >= 15 is 0 Å². The Morgan fingerprint density at radius 2 is 1.65 bits per heavy atom. The summed E-state index contributed by atoms with van der Waals surface area (Å²) in [6.07, 6.45) is 0. The molecule has 3 aliphatic rings. The van der Waals surface area contributed by atoms with E-state index in [1.807, 2.05) is 50.2 Å². The molecule has 40 heavy (non-hydrogen) atoms. The number of para-hydroxylation sites is 2. The van der Waals surface area contributed by atoms with Crippen LogP contribution in [0.25, 0.3) is 16.6 Å². The lowest BCUT2D eigenvalue weighted by molar-refractivity contribution is -0.123. The first-order chi connectivity index (χ1) is 19.2. The van der Waals surface area contributed by atoms with Gasteiger partial charge in [-0.1, -0.05) is 44.2 Å². The van der Waals surface area contributed by atoms with Crippen LogP contribution in [0.4, 0.5) is 11.4 Å². The van der Waals surface area contributed by atoms with Crippen molar-refractivity contribution in [1.29, 1.82) is 0 Å². The average molecular weight is 534 g/mol. The molecule has 0 bridgehead atoms. The molecule has 3 amide bonds. The summed E-state index contributed by atoms with van der Waals surface area (Å²) in [6, 6.07) is 21.1. The highest BCUT2D eigenvalue weighted by Crippen LogP contribution is 2.56. The summed E-state index contributed by atoms with van der Waals surface area (Å²) in [5.74, 6) is -1.88. The first-order valence-corrected chi connectivity index (χ1v) is 13.4. The van der Waals surface area contributed by atoms with Crippen LogP contribution in [0.5, 0.6) is 0 Å². The third kappa shape index (κ3) is 3.09. The van der Waals surface area contributed by atoms with E-state index in [1.54, 1.807) is 41.0 Å². The van der Waals surface area contributed by atoms with Gasteiger partial charge in [0.25, 0.3) is 5.56 Å². The maximum Gasteiger partial charge on any atom is 0.266 e. The van der Waals surface area contributed by atoms with Gasteiger partial charge in [0.1, 0.15) is 11.4 Å². The van der Waals surface area contributed by atoms with E-state index in [-0.39, 0.29) is 35.2 Å². The quantitative estimate of drug-likeness (QED) is 0.391. The van der Waals surface area contributed by atoms with Crippen molar-refractivity contribution < 1.29 is 14.4 Å². The molecule has 4 atom stereocenters. The molecule has 1 spiro atoms. The van der Waals surface area contributed by atoms with E-state index in [4.69, 9.17) is 4.98 Å². The fourth-order valence-corrected chi connectivity index (χ4v) is 6.88. The zero-order valence-electron chi connectivity index (χ0n) is 22.2. The van der Waals surface area contributed by atoms with Gasteiger partial charge in [0.15, 0.2) is 0 Å². The van der Waals surface area contributed by atoms with Crippen LogP contribution in [-0.2, 0) is 19.9 Å². The van der Waals surface area contributed by atoms with E-state index < -0.39 is 17.4 Å². The number of hydrogen-bond donors (Lipinski definition) is 2. The lowest BCUT2D eigenvalue weighted by atomic mass is 9.75. The van der Waals surface area contributed by atoms with Crippen LogP contribution < -0.4 is 21.1 Å². The van der Waals surface area contributed by atoms with Gasteiger partial charge in [0.2, 0.25) is 17.7 Å². The summed E-state index contributed by atoms with van der Waals surface area (Å²) in [7, 11) is 0. The summed E-state index contributed by atoms with van der Waals surface area (Å²) in [6.45, 7) is 5.47. The Balaban J connectivity index is 1.45. The molecule has 0 unspecified atom stereocenters. The standard InChI is InChI=1S/C31H27N5O4/c1-16(2)26-24-25(29(40)35(28(24)39)19-14-12-18(13-15-19)32-17(3)37)31(34-26)21-9-5-7-11-23(21)36-27(38)20-8-4-6-10-22(20)33-30(31)36/h4-16,24-26,34H,1-3H3,(H,32,37)/t24-,25+,26+,31+/m0/s1. The molecule has 3 aliphatic heterocycles. The SMILES string of the molecule is CC(=O)Nc1ccc(N2C(=O)[C@@H]3[C@@H](C(C)C)N[C@]4(c5ccccc5-n5c4nc4ccccc4c5=O)[C@H]3C2=O)cc1.